The summed E-state index contributed by atoms with van der Waals surface area (Å²) in [5.41, 5.74) is -0.656. The van der Waals surface area contributed by atoms with Gasteiger partial charge in [-0.05, 0) is 38.1 Å². The van der Waals surface area contributed by atoms with E-state index in [1.807, 2.05) is 12.1 Å². The van der Waals surface area contributed by atoms with Crippen molar-refractivity contribution in [2.45, 2.75) is 25.9 Å². The molecule has 0 bridgehead atoms. The molecule has 0 spiro atoms. The highest BCUT2D eigenvalue weighted by Crippen LogP contribution is 2.53. The molecule has 0 amide bonds. The van der Waals surface area contributed by atoms with Crippen LogP contribution in [0.3, 0.4) is 0 Å². The molecule has 2 rings (SSSR count). The second-order valence-electron chi connectivity index (χ2n) is 5.21. The molecule has 0 fully saturated rings. The van der Waals surface area contributed by atoms with E-state index < -0.39 is 19.2 Å². The summed E-state index contributed by atoms with van der Waals surface area (Å²) in [6.07, 6.45) is -0.0508. The summed E-state index contributed by atoms with van der Waals surface area (Å²) < 4.78 is 29.6. The molecule has 0 N–H and O–H groups in total. The first-order chi connectivity index (χ1) is 11.5. The van der Waals surface area contributed by atoms with E-state index in [1.54, 1.807) is 62.4 Å². The van der Waals surface area contributed by atoms with Gasteiger partial charge in [-0.25, -0.2) is 4.57 Å². The van der Waals surface area contributed by atoms with Crippen molar-refractivity contribution >= 4 is 13.6 Å². The highest BCUT2D eigenvalue weighted by atomic mass is 31.2. The number of para-hydroxylation sites is 2. The van der Waals surface area contributed by atoms with E-state index in [1.165, 1.54) is 0 Å². The van der Waals surface area contributed by atoms with Crippen LogP contribution in [-0.4, -0.2) is 18.2 Å². The minimum Gasteiger partial charge on any atom is -0.466 e. The van der Waals surface area contributed by atoms with Gasteiger partial charge in [0.05, 0.1) is 18.7 Å². The summed E-state index contributed by atoms with van der Waals surface area (Å²) >= 11 is 0. The average Bonchev–Trinajstić information content (AvgIpc) is 2.56. The largest absolute Gasteiger partial charge is 0.466 e. The maximum atomic E-state index is 13.3. The summed E-state index contributed by atoms with van der Waals surface area (Å²) in [5, 5.41) is 0. The zero-order valence-electron chi connectivity index (χ0n) is 13.8. The number of ether oxygens (including phenoxy) is 1. The van der Waals surface area contributed by atoms with E-state index in [4.69, 9.17) is 13.8 Å². The second kappa shape index (κ2) is 8.55. The zero-order chi connectivity index (χ0) is 17.4. The quantitative estimate of drug-likeness (QED) is 0.512. The predicted molar refractivity (Wildman–Crippen MR) is 92.5 cm³/mol. The lowest BCUT2D eigenvalue weighted by Crippen LogP contribution is -2.19. The van der Waals surface area contributed by atoms with Crippen LogP contribution in [0.2, 0.25) is 0 Å². The molecule has 0 heterocycles. The van der Waals surface area contributed by atoms with Crippen LogP contribution in [-0.2, 0) is 14.1 Å². The summed E-state index contributed by atoms with van der Waals surface area (Å²) in [6, 6.07) is 17.5. The maximum absolute atomic E-state index is 13.3. The molecule has 1 unspecified atom stereocenters. The number of hydrogen-bond donors (Lipinski definition) is 0. The molecule has 24 heavy (non-hydrogen) atoms. The molecule has 6 heteroatoms. The molecule has 2 aromatic rings. The van der Waals surface area contributed by atoms with Crippen LogP contribution in [0.15, 0.2) is 60.7 Å². The molecule has 128 valence electrons. The van der Waals surface area contributed by atoms with Gasteiger partial charge in [-0.2, -0.15) is 0 Å². The Morgan fingerprint density at radius 1 is 0.958 bits per heavy atom. The highest BCUT2D eigenvalue weighted by Gasteiger charge is 2.37. The molecule has 0 aliphatic rings. The van der Waals surface area contributed by atoms with Crippen molar-refractivity contribution < 1.29 is 23.1 Å². The number of benzene rings is 2. The second-order valence-corrected chi connectivity index (χ2v) is 7.53. The molecule has 2 aromatic carbocycles. The van der Waals surface area contributed by atoms with Crippen molar-refractivity contribution in [2.24, 2.45) is 0 Å². The maximum Gasteiger partial charge on any atom is 0.434 e. The van der Waals surface area contributed by atoms with Crippen LogP contribution in [0, 0.1) is 0 Å². The number of carbonyl (C=O) groups is 1. The van der Waals surface area contributed by atoms with Crippen LogP contribution in [0.25, 0.3) is 0 Å². The van der Waals surface area contributed by atoms with Crippen molar-refractivity contribution in [3.05, 3.63) is 60.7 Å². The number of esters is 1. The molecule has 1 atom stereocenters. The van der Waals surface area contributed by atoms with Gasteiger partial charge >= 0.3 is 13.6 Å². The van der Waals surface area contributed by atoms with Gasteiger partial charge in [-0.1, -0.05) is 36.4 Å². The van der Waals surface area contributed by atoms with Crippen LogP contribution in [0.1, 0.15) is 20.3 Å². The van der Waals surface area contributed by atoms with E-state index >= 15 is 0 Å². The van der Waals surface area contributed by atoms with Gasteiger partial charge in [0, 0.05) is 0 Å². The zero-order valence-corrected chi connectivity index (χ0v) is 14.6. The summed E-state index contributed by atoms with van der Waals surface area (Å²) in [4.78, 5) is 11.8. The van der Waals surface area contributed by atoms with E-state index in [9.17, 15) is 9.36 Å². The van der Waals surface area contributed by atoms with Crippen molar-refractivity contribution in [1.29, 1.82) is 0 Å². The van der Waals surface area contributed by atoms with E-state index in [0.717, 1.165) is 0 Å². The fourth-order valence-corrected chi connectivity index (χ4v) is 3.63. The minimum atomic E-state index is -3.63. The van der Waals surface area contributed by atoms with Gasteiger partial charge in [0.2, 0.25) is 0 Å². The molecule has 0 saturated carbocycles. The Bertz CT molecular complexity index is 642. The van der Waals surface area contributed by atoms with Crippen molar-refractivity contribution in [3.8, 4) is 11.5 Å². The normalized spacial score (nSPS) is 12.2. The molecule has 5 nitrogen and oxygen atoms in total. The molecule has 0 radical (unpaired) electrons. The van der Waals surface area contributed by atoms with Gasteiger partial charge in [-0.15, -0.1) is 0 Å². The molecule has 0 aliphatic heterocycles. The van der Waals surface area contributed by atoms with Crippen LogP contribution in [0.4, 0.5) is 0 Å². The monoisotopic (exact) mass is 348 g/mol. The Kier molecular flexibility index (Phi) is 6.44. The highest BCUT2D eigenvalue weighted by molar-refractivity contribution is 7.55. The van der Waals surface area contributed by atoms with Gasteiger partial charge in [0.25, 0.3) is 0 Å². The smallest absolute Gasteiger partial charge is 0.434 e. The number of rotatable bonds is 8. The first-order valence-electron chi connectivity index (χ1n) is 7.78. The minimum absolute atomic E-state index is 0.0508. The Hall–Kier alpha value is -2.26. The lowest BCUT2D eigenvalue weighted by molar-refractivity contribution is -0.143. The number of carbonyl (C=O) groups excluding carboxylic acids is 1. The van der Waals surface area contributed by atoms with Gasteiger partial charge in [-0.3, -0.25) is 4.79 Å². The molecular formula is C18H21O5P. The first-order valence-corrected chi connectivity index (χ1v) is 9.39. The summed E-state index contributed by atoms with van der Waals surface area (Å²) in [7, 11) is -3.63. The van der Waals surface area contributed by atoms with Crippen LogP contribution in [0.5, 0.6) is 11.5 Å². The predicted octanol–water partition coefficient (Wildman–Crippen LogP) is 4.68. The lowest BCUT2D eigenvalue weighted by Gasteiger charge is -2.24. The Balaban J connectivity index is 2.22. The first kappa shape index (κ1) is 18.1. The standard InChI is InChI=1S/C18H21O5P/c1-3-21-18(19)14-15(2)24(20,22-16-10-6-4-7-11-16)23-17-12-8-5-9-13-17/h4-13,15H,3,14H2,1-2H3. The van der Waals surface area contributed by atoms with Gasteiger partial charge < -0.3 is 13.8 Å². The van der Waals surface area contributed by atoms with E-state index in [0.29, 0.717) is 11.5 Å². The van der Waals surface area contributed by atoms with Crippen LogP contribution >= 0.6 is 7.60 Å². The SMILES string of the molecule is CCOC(=O)CC(C)P(=O)(Oc1ccccc1)Oc1ccccc1. The lowest BCUT2D eigenvalue weighted by atomic mass is 10.3. The summed E-state index contributed by atoms with van der Waals surface area (Å²) in [6.45, 7) is 3.65. The molecular weight excluding hydrogens is 327 g/mol. The van der Waals surface area contributed by atoms with E-state index in [2.05, 4.69) is 0 Å². The fourth-order valence-electron chi connectivity index (χ4n) is 2.03. The fraction of sp³-hybridized carbons (Fsp3) is 0.278. The van der Waals surface area contributed by atoms with Crippen molar-refractivity contribution in [3.63, 3.8) is 0 Å². The molecule has 0 aliphatic carbocycles. The summed E-state index contributed by atoms with van der Waals surface area (Å²) in [5.74, 6) is 0.415. The third-order valence-corrected chi connectivity index (χ3v) is 5.45. The third kappa shape index (κ3) is 5.14. The average molecular weight is 348 g/mol. The van der Waals surface area contributed by atoms with Gasteiger partial charge in [0.15, 0.2) is 0 Å². The Morgan fingerprint density at radius 2 is 1.42 bits per heavy atom. The topological polar surface area (TPSA) is 61.8 Å². The number of hydrogen-bond acceptors (Lipinski definition) is 5. The van der Waals surface area contributed by atoms with Crippen LogP contribution < -0.4 is 9.05 Å². The third-order valence-electron chi connectivity index (χ3n) is 3.26. The molecule has 0 saturated heterocycles. The molecule has 0 aromatic heterocycles. The Labute approximate surface area is 142 Å². The van der Waals surface area contributed by atoms with Crippen molar-refractivity contribution in [2.75, 3.05) is 6.61 Å². The van der Waals surface area contributed by atoms with Gasteiger partial charge in [0.1, 0.15) is 11.5 Å². The van der Waals surface area contributed by atoms with Crippen molar-refractivity contribution in [1.82, 2.24) is 0 Å². The Morgan fingerprint density at radius 3 is 1.83 bits per heavy atom. The van der Waals surface area contributed by atoms with E-state index in [-0.39, 0.29) is 13.0 Å².